The largest absolute Gasteiger partial charge is 0.229 e. The summed E-state index contributed by atoms with van der Waals surface area (Å²) in [7, 11) is 1.80. The normalized spacial score (nSPS) is 10.1. The minimum Gasteiger partial charge on any atom is -0.229 e. The molecule has 0 unspecified atom stereocenters. The van der Waals surface area contributed by atoms with E-state index >= 15 is 0 Å². The fraction of sp³-hybridized carbons (Fsp3) is 0.125. The molecule has 4 nitrogen and oxygen atoms in total. The Morgan fingerprint density at radius 2 is 2.33 bits per heavy atom. The first-order chi connectivity index (χ1) is 5.88. The zero-order valence-electron chi connectivity index (χ0n) is 6.60. The first kappa shape index (κ1) is 6.97. The third-order valence-corrected chi connectivity index (χ3v) is 1.57. The van der Waals surface area contributed by atoms with Gasteiger partial charge in [-0.05, 0) is 16.5 Å². The number of rotatable bonds is 1. The quantitative estimate of drug-likeness (QED) is 0.614. The van der Waals surface area contributed by atoms with Gasteiger partial charge in [-0.3, -0.25) is 0 Å². The molecule has 1 heterocycles. The molecule has 0 aliphatic heterocycles. The number of hydrogen-bond acceptors (Lipinski definition) is 3. The van der Waals surface area contributed by atoms with Crippen molar-refractivity contribution in [3.63, 3.8) is 0 Å². The third kappa shape index (κ3) is 1.07. The van der Waals surface area contributed by atoms with E-state index in [-0.39, 0.29) is 0 Å². The smallest absolute Gasteiger partial charge is 0.182 e. The van der Waals surface area contributed by atoms with Crippen LogP contribution in [-0.4, -0.2) is 20.2 Å². The second-order valence-electron chi connectivity index (χ2n) is 2.40. The molecule has 0 fully saturated rings. The summed E-state index contributed by atoms with van der Waals surface area (Å²) in [5.74, 6) is 0.732. The van der Waals surface area contributed by atoms with E-state index in [9.17, 15) is 0 Å². The second-order valence-corrected chi connectivity index (χ2v) is 2.40. The van der Waals surface area contributed by atoms with Gasteiger partial charge in [0.05, 0.1) is 0 Å². The van der Waals surface area contributed by atoms with Crippen molar-refractivity contribution in [3.8, 4) is 11.4 Å². The number of nitrogens with zero attached hydrogens (tertiary/aromatic N) is 4. The molecule has 1 aromatic carbocycles. The summed E-state index contributed by atoms with van der Waals surface area (Å²) in [6.07, 6.45) is 0. The van der Waals surface area contributed by atoms with E-state index in [4.69, 9.17) is 0 Å². The lowest BCUT2D eigenvalue weighted by Crippen LogP contribution is -1.94. The SMILES string of the molecule is Cn1nnnc1-c1[c]cccc1. The van der Waals surface area contributed by atoms with Gasteiger partial charge in [0.1, 0.15) is 0 Å². The maximum absolute atomic E-state index is 3.86. The van der Waals surface area contributed by atoms with Crippen LogP contribution in [-0.2, 0) is 7.05 Å². The number of hydrogen-bond donors (Lipinski definition) is 0. The van der Waals surface area contributed by atoms with E-state index in [0.717, 1.165) is 11.4 Å². The Hall–Kier alpha value is -1.71. The van der Waals surface area contributed by atoms with E-state index in [1.165, 1.54) is 0 Å². The molecule has 0 saturated carbocycles. The molecule has 1 aromatic heterocycles. The Labute approximate surface area is 69.8 Å². The standard InChI is InChI=1S/C8H7N4/c1-12-8(9-10-11-12)7-5-3-2-4-6-7/h2-5H,1H3. The molecule has 59 valence electrons. The molecule has 0 spiro atoms. The van der Waals surface area contributed by atoms with Gasteiger partial charge in [-0.1, -0.05) is 24.3 Å². The molecule has 0 N–H and O–H groups in total. The van der Waals surface area contributed by atoms with Gasteiger partial charge in [-0.25, -0.2) is 4.68 Å². The van der Waals surface area contributed by atoms with Crippen LogP contribution in [0, 0.1) is 6.07 Å². The minimum absolute atomic E-state index is 0.732. The third-order valence-electron chi connectivity index (χ3n) is 1.57. The van der Waals surface area contributed by atoms with Gasteiger partial charge in [-0.2, -0.15) is 0 Å². The average Bonchev–Trinajstić information content (AvgIpc) is 2.53. The molecular weight excluding hydrogens is 152 g/mol. The van der Waals surface area contributed by atoms with Crippen molar-refractivity contribution < 1.29 is 0 Å². The zero-order chi connectivity index (χ0) is 8.39. The summed E-state index contributed by atoms with van der Waals surface area (Å²) in [4.78, 5) is 0. The predicted molar refractivity (Wildman–Crippen MR) is 43.1 cm³/mol. The van der Waals surface area contributed by atoms with Crippen LogP contribution in [0.4, 0.5) is 0 Å². The van der Waals surface area contributed by atoms with E-state index in [1.807, 2.05) is 24.3 Å². The van der Waals surface area contributed by atoms with Crippen molar-refractivity contribution in [3.05, 3.63) is 30.3 Å². The molecule has 0 saturated heterocycles. The van der Waals surface area contributed by atoms with E-state index in [1.54, 1.807) is 11.7 Å². The van der Waals surface area contributed by atoms with Crippen LogP contribution in [0.5, 0.6) is 0 Å². The summed E-state index contributed by atoms with van der Waals surface area (Å²) in [5.41, 5.74) is 0.907. The lowest BCUT2D eigenvalue weighted by molar-refractivity contribution is 0.714. The predicted octanol–water partition coefficient (Wildman–Crippen LogP) is 0.677. The molecule has 4 heteroatoms. The number of aromatic nitrogens is 4. The first-order valence-electron chi connectivity index (χ1n) is 3.57. The second kappa shape index (κ2) is 2.73. The molecule has 1 radical (unpaired) electrons. The fourth-order valence-electron chi connectivity index (χ4n) is 0.990. The highest BCUT2D eigenvalue weighted by atomic mass is 15.5. The summed E-state index contributed by atoms with van der Waals surface area (Å²) >= 11 is 0. The molecule has 2 aromatic rings. The number of aryl methyl sites for hydroxylation is 1. The van der Waals surface area contributed by atoms with Crippen molar-refractivity contribution in [1.82, 2.24) is 20.2 Å². The Morgan fingerprint density at radius 1 is 1.42 bits per heavy atom. The summed E-state index contributed by atoms with van der Waals surface area (Å²) < 4.78 is 1.62. The maximum atomic E-state index is 3.86. The van der Waals surface area contributed by atoms with Crippen LogP contribution in [0.25, 0.3) is 11.4 Å². The van der Waals surface area contributed by atoms with Crippen LogP contribution >= 0.6 is 0 Å². The van der Waals surface area contributed by atoms with E-state index < -0.39 is 0 Å². The topological polar surface area (TPSA) is 43.6 Å². The Bertz CT molecular complexity index is 366. The lowest BCUT2D eigenvalue weighted by atomic mass is 10.2. The summed E-state index contributed by atoms with van der Waals surface area (Å²) in [6.45, 7) is 0. The van der Waals surface area contributed by atoms with Crippen molar-refractivity contribution in [2.75, 3.05) is 0 Å². The van der Waals surface area contributed by atoms with Crippen LogP contribution in [0.3, 0.4) is 0 Å². The molecule has 0 aliphatic rings. The molecule has 0 bridgehead atoms. The van der Waals surface area contributed by atoms with Gasteiger partial charge >= 0.3 is 0 Å². The van der Waals surface area contributed by atoms with Crippen LogP contribution < -0.4 is 0 Å². The van der Waals surface area contributed by atoms with Crippen molar-refractivity contribution in [2.45, 2.75) is 0 Å². The van der Waals surface area contributed by atoms with Gasteiger partial charge in [0.15, 0.2) is 5.82 Å². The monoisotopic (exact) mass is 159 g/mol. The number of tetrazole rings is 1. The van der Waals surface area contributed by atoms with Crippen molar-refractivity contribution in [1.29, 1.82) is 0 Å². The number of benzene rings is 1. The first-order valence-corrected chi connectivity index (χ1v) is 3.57. The molecule has 0 amide bonds. The molecular formula is C8H7N4. The highest BCUT2D eigenvalue weighted by Gasteiger charge is 2.03. The summed E-state index contributed by atoms with van der Waals surface area (Å²) in [6, 6.07) is 10.6. The van der Waals surface area contributed by atoms with Gasteiger partial charge in [0, 0.05) is 12.6 Å². The fourth-order valence-corrected chi connectivity index (χ4v) is 0.990. The Morgan fingerprint density at radius 3 is 2.92 bits per heavy atom. The molecule has 2 rings (SSSR count). The van der Waals surface area contributed by atoms with Crippen LogP contribution in [0.1, 0.15) is 0 Å². The highest BCUT2D eigenvalue weighted by molar-refractivity contribution is 5.52. The van der Waals surface area contributed by atoms with E-state index in [0.29, 0.717) is 0 Å². The van der Waals surface area contributed by atoms with E-state index in [2.05, 4.69) is 21.6 Å². The van der Waals surface area contributed by atoms with Gasteiger partial charge in [-0.15, -0.1) is 5.10 Å². The van der Waals surface area contributed by atoms with Crippen molar-refractivity contribution in [2.24, 2.45) is 7.05 Å². The van der Waals surface area contributed by atoms with Gasteiger partial charge < -0.3 is 0 Å². The molecule has 12 heavy (non-hydrogen) atoms. The summed E-state index contributed by atoms with van der Waals surface area (Å²) in [5, 5.41) is 11.1. The Balaban J connectivity index is 2.51. The molecule has 0 atom stereocenters. The Kier molecular flexibility index (Phi) is 1.59. The lowest BCUT2D eigenvalue weighted by Gasteiger charge is -1.95. The average molecular weight is 159 g/mol. The highest BCUT2D eigenvalue weighted by Crippen LogP contribution is 2.11. The zero-order valence-corrected chi connectivity index (χ0v) is 6.60. The van der Waals surface area contributed by atoms with Gasteiger partial charge in [0.25, 0.3) is 0 Å². The maximum Gasteiger partial charge on any atom is 0.182 e. The molecule has 0 aliphatic carbocycles. The van der Waals surface area contributed by atoms with Crippen molar-refractivity contribution >= 4 is 0 Å². The van der Waals surface area contributed by atoms with Gasteiger partial charge in [0.2, 0.25) is 0 Å². The van der Waals surface area contributed by atoms with Crippen LogP contribution in [0.2, 0.25) is 0 Å². The minimum atomic E-state index is 0.732. The van der Waals surface area contributed by atoms with Crippen LogP contribution in [0.15, 0.2) is 24.3 Å².